The highest BCUT2D eigenvalue weighted by Crippen LogP contribution is 2.33. The molecule has 1 unspecified atom stereocenters. The van der Waals surface area contributed by atoms with Crippen LogP contribution in [0.3, 0.4) is 0 Å². The van der Waals surface area contributed by atoms with Crippen molar-refractivity contribution in [1.82, 2.24) is 0 Å². The Morgan fingerprint density at radius 1 is 1.09 bits per heavy atom. The molecule has 116 valence electrons. The highest BCUT2D eigenvalue weighted by molar-refractivity contribution is 6.30. The molecule has 7 heteroatoms. The number of hydrogen-bond acceptors (Lipinski definition) is 3. The molecule has 0 aliphatic rings. The smallest absolute Gasteiger partial charge is 0.327 e. The molecule has 2 aromatic carbocycles. The Bertz CT molecular complexity index is 659. The SMILES string of the molecule is NC(C(=O)O)C(F)(F)c1ccc(Oc2ccc(Cl)cc2)cc1. The topological polar surface area (TPSA) is 72.6 Å². The molecular weight excluding hydrogens is 316 g/mol. The molecule has 0 spiro atoms. The maximum Gasteiger partial charge on any atom is 0.327 e. The van der Waals surface area contributed by atoms with E-state index in [9.17, 15) is 13.6 Å². The van der Waals surface area contributed by atoms with Crippen molar-refractivity contribution in [2.45, 2.75) is 12.0 Å². The third-order valence-electron chi connectivity index (χ3n) is 2.95. The predicted octanol–water partition coefficient (Wildman–Crippen LogP) is 3.64. The number of nitrogens with two attached hydrogens (primary N) is 1. The van der Waals surface area contributed by atoms with Gasteiger partial charge >= 0.3 is 5.97 Å². The van der Waals surface area contributed by atoms with E-state index in [1.54, 1.807) is 24.3 Å². The second kappa shape index (κ2) is 6.29. The highest BCUT2D eigenvalue weighted by Gasteiger charge is 2.43. The Morgan fingerprint density at radius 2 is 1.55 bits per heavy atom. The van der Waals surface area contributed by atoms with Crippen LogP contribution in [0.5, 0.6) is 11.5 Å². The number of aliphatic carboxylic acids is 1. The molecule has 0 radical (unpaired) electrons. The quantitative estimate of drug-likeness (QED) is 0.879. The van der Waals surface area contributed by atoms with E-state index in [1.807, 2.05) is 0 Å². The number of ether oxygens (including phenoxy) is 1. The van der Waals surface area contributed by atoms with Crippen LogP contribution in [0.4, 0.5) is 8.78 Å². The summed E-state index contributed by atoms with van der Waals surface area (Å²) in [6.07, 6.45) is 0. The molecule has 0 aliphatic heterocycles. The van der Waals surface area contributed by atoms with Crippen molar-refractivity contribution in [1.29, 1.82) is 0 Å². The Kier molecular flexibility index (Phi) is 4.63. The third kappa shape index (κ3) is 3.52. The molecule has 0 bridgehead atoms. The highest BCUT2D eigenvalue weighted by atomic mass is 35.5. The molecule has 2 aromatic rings. The summed E-state index contributed by atoms with van der Waals surface area (Å²) in [7, 11) is 0. The molecule has 22 heavy (non-hydrogen) atoms. The lowest BCUT2D eigenvalue weighted by molar-refractivity contribution is -0.149. The Morgan fingerprint density at radius 3 is 2.00 bits per heavy atom. The van der Waals surface area contributed by atoms with Crippen molar-refractivity contribution < 1.29 is 23.4 Å². The van der Waals surface area contributed by atoms with Crippen LogP contribution < -0.4 is 10.5 Å². The van der Waals surface area contributed by atoms with Crippen LogP contribution in [-0.2, 0) is 10.7 Å². The molecular formula is C15H12ClF2NO3. The average Bonchev–Trinajstić information content (AvgIpc) is 2.49. The lowest BCUT2D eigenvalue weighted by Crippen LogP contribution is -2.45. The number of carboxylic acids is 1. The Labute approximate surface area is 130 Å². The summed E-state index contributed by atoms with van der Waals surface area (Å²) >= 11 is 5.74. The van der Waals surface area contributed by atoms with Crippen molar-refractivity contribution >= 4 is 17.6 Å². The lowest BCUT2D eigenvalue weighted by atomic mass is 10.0. The largest absolute Gasteiger partial charge is 0.480 e. The van der Waals surface area contributed by atoms with Crippen molar-refractivity contribution in [3.05, 3.63) is 59.1 Å². The minimum atomic E-state index is -3.68. The van der Waals surface area contributed by atoms with E-state index in [-0.39, 0.29) is 0 Å². The number of benzene rings is 2. The third-order valence-corrected chi connectivity index (χ3v) is 3.20. The van der Waals surface area contributed by atoms with Crippen LogP contribution in [0.2, 0.25) is 5.02 Å². The van der Waals surface area contributed by atoms with Gasteiger partial charge in [0.25, 0.3) is 5.92 Å². The first-order chi connectivity index (χ1) is 10.3. The first kappa shape index (κ1) is 16.2. The molecule has 0 amide bonds. The zero-order valence-corrected chi connectivity index (χ0v) is 11.9. The molecule has 0 fully saturated rings. The van der Waals surface area contributed by atoms with E-state index >= 15 is 0 Å². The van der Waals surface area contributed by atoms with Crippen LogP contribution in [0, 0.1) is 0 Å². The minimum Gasteiger partial charge on any atom is -0.480 e. The molecule has 0 aromatic heterocycles. The zero-order valence-electron chi connectivity index (χ0n) is 11.2. The predicted molar refractivity (Wildman–Crippen MR) is 77.5 cm³/mol. The van der Waals surface area contributed by atoms with Crippen LogP contribution in [-0.4, -0.2) is 17.1 Å². The molecule has 1 atom stereocenters. The summed E-state index contributed by atoms with van der Waals surface area (Å²) in [5.74, 6) is -4.63. The summed E-state index contributed by atoms with van der Waals surface area (Å²) in [5.41, 5.74) is 4.51. The number of carbonyl (C=O) groups is 1. The fourth-order valence-corrected chi connectivity index (χ4v) is 1.84. The van der Waals surface area contributed by atoms with Crippen molar-refractivity contribution in [3.8, 4) is 11.5 Å². The normalized spacial score (nSPS) is 12.7. The van der Waals surface area contributed by atoms with Gasteiger partial charge in [-0.05, 0) is 48.5 Å². The number of halogens is 3. The Balaban J connectivity index is 2.16. The molecule has 0 aliphatic carbocycles. The van der Waals surface area contributed by atoms with Gasteiger partial charge in [0.1, 0.15) is 11.5 Å². The van der Waals surface area contributed by atoms with E-state index in [4.69, 9.17) is 27.2 Å². The van der Waals surface area contributed by atoms with Gasteiger partial charge in [0.2, 0.25) is 0 Å². The van der Waals surface area contributed by atoms with Gasteiger partial charge in [0.05, 0.1) is 0 Å². The molecule has 0 heterocycles. The van der Waals surface area contributed by atoms with Crippen LogP contribution in [0.15, 0.2) is 48.5 Å². The van der Waals surface area contributed by atoms with Gasteiger partial charge in [0, 0.05) is 10.6 Å². The minimum absolute atomic E-state index is 0.325. The molecule has 0 saturated carbocycles. The van der Waals surface area contributed by atoms with Gasteiger partial charge in [-0.2, -0.15) is 8.78 Å². The Hall–Kier alpha value is -2.18. The van der Waals surface area contributed by atoms with Crippen molar-refractivity contribution in [2.75, 3.05) is 0 Å². The summed E-state index contributed by atoms with van der Waals surface area (Å²) in [5, 5.41) is 9.16. The maximum absolute atomic E-state index is 13.8. The van der Waals surface area contributed by atoms with Gasteiger partial charge in [0.15, 0.2) is 6.04 Å². The summed E-state index contributed by atoms with van der Waals surface area (Å²) in [6, 6.07) is 8.99. The molecule has 4 nitrogen and oxygen atoms in total. The second-order valence-corrected chi connectivity index (χ2v) is 4.96. The van der Waals surface area contributed by atoms with E-state index < -0.39 is 23.5 Å². The number of carboxylic acid groups (broad SMARTS) is 1. The van der Waals surface area contributed by atoms with E-state index in [0.717, 1.165) is 12.1 Å². The first-order valence-corrected chi connectivity index (χ1v) is 6.58. The van der Waals surface area contributed by atoms with Crippen LogP contribution >= 0.6 is 11.6 Å². The van der Waals surface area contributed by atoms with Crippen molar-refractivity contribution in [3.63, 3.8) is 0 Å². The summed E-state index contributed by atoms with van der Waals surface area (Å²) in [4.78, 5) is 10.6. The zero-order chi connectivity index (χ0) is 16.3. The van der Waals surface area contributed by atoms with Gasteiger partial charge in [-0.25, -0.2) is 0 Å². The van der Waals surface area contributed by atoms with Gasteiger partial charge in [-0.1, -0.05) is 11.6 Å². The fourth-order valence-electron chi connectivity index (χ4n) is 1.72. The molecule has 2 rings (SSSR count). The molecule has 3 N–H and O–H groups in total. The summed E-state index contributed by atoms with van der Waals surface area (Å²) in [6.45, 7) is 0. The number of alkyl halides is 2. The standard InChI is InChI=1S/C15H12ClF2NO3/c16-10-3-7-12(8-4-10)22-11-5-1-9(2-6-11)15(17,18)13(19)14(20)21/h1-8,13H,19H2,(H,20,21). The van der Waals surface area contributed by atoms with Gasteiger partial charge in [-0.15, -0.1) is 0 Å². The first-order valence-electron chi connectivity index (χ1n) is 6.21. The van der Waals surface area contributed by atoms with Crippen molar-refractivity contribution in [2.24, 2.45) is 5.73 Å². The van der Waals surface area contributed by atoms with E-state index in [1.165, 1.54) is 12.1 Å². The maximum atomic E-state index is 13.8. The molecule has 0 saturated heterocycles. The summed E-state index contributed by atoms with van der Waals surface area (Å²) < 4.78 is 33.1. The monoisotopic (exact) mass is 327 g/mol. The lowest BCUT2D eigenvalue weighted by Gasteiger charge is -2.20. The average molecular weight is 328 g/mol. The van der Waals surface area contributed by atoms with Gasteiger partial charge in [-0.3, -0.25) is 4.79 Å². The van der Waals surface area contributed by atoms with Crippen LogP contribution in [0.1, 0.15) is 5.56 Å². The number of rotatable bonds is 5. The van der Waals surface area contributed by atoms with Gasteiger partial charge < -0.3 is 15.6 Å². The van der Waals surface area contributed by atoms with E-state index in [2.05, 4.69) is 0 Å². The van der Waals surface area contributed by atoms with E-state index in [0.29, 0.717) is 16.5 Å². The fraction of sp³-hybridized carbons (Fsp3) is 0.133. The van der Waals surface area contributed by atoms with Crippen LogP contribution in [0.25, 0.3) is 0 Å². The second-order valence-electron chi connectivity index (χ2n) is 4.52. The number of hydrogen-bond donors (Lipinski definition) is 2.